The molecule has 0 bridgehead atoms. The Kier molecular flexibility index (Phi) is 4.39. The fraction of sp³-hybridized carbons (Fsp3) is 0.308. The highest BCUT2D eigenvalue weighted by molar-refractivity contribution is 9.10. The molecule has 20 heavy (non-hydrogen) atoms. The highest BCUT2D eigenvalue weighted by Crippen LogP contribution is 2.19. The van der Waals surface area contributed by atoms with Crippen molar-refractivity contribution in [1.82, 2.24) is 14.8 Å². The Labute approximate surface area is 125 Å². The molecule has 2 N–H and O–H groups in total. The van der Waals surface area contributed by atoms with Crippen LogP contribution in [0.2, 0.25) is 0 Å². The van der Waals surface area contributed by atoms with E-state index in [1.165, 1.54) is 0 Å². The van der Waals surface area contributed by atoms with E-state index in [9.17, 15) is 4.79 Å². The fourth-order valence-corrected chi connectivity index (χ4v) is 2.16. The van der Waals surface area contributed by atoms with E-state index in [4.69, 9.17) is 0 Å². The van der Waals surface area contributed by atoms with Crippen LogP contribution in [0.4, 0.5) is 11.6 Å². The van der Waals surface area contributed by atoms with Gasteiger partial charge in [0.05, 0.1) is 11.3 Å². The number of halogens is 1. The maximum Gasteiger partial charge on any atom is 0.260 e. The van der Waals surface area contributed by atoms with Crippen molar-refractivity contribution in [1.29, 1.82) is 0 Å². The Morgan fingerprint density at radius 1 is 1.45 bits per heavy atom. The summed E-state index contributed by atoms with van der Waals surface area (Å²) in [4.78, 5) is 16.6. The molecular weight excluding hydrogens is 322 g/mol. The first-order chi connectivity index (χ1) is 9.51. The molecule has 0 aliphatic carbocycles. The van der Waals surface area contributed by atoms with E-state index in [2.05, 4.69) is 36.6 Å². The summed E-state index contributed by atoms with van der Waals surface area (Å²) in [5.74, 6) is 0.986. The first-order valence-electron chi connectivity index (χ1n) is 6.22. The molecule has 6 nitrogen and oxygen atoms in total. The minimum atomic E-state index is -0.224. The van der Waals surface area contributed by atoms with Crippen molar-refractivity contribution in [2.75, 3.05) is 17.2 Å². The van der Waals surface area contributed by atoms with E-state index < -0.39 is 0 Å². The lowest BCUT2D eigenvalue weighted by Gasteiger charge is -2.10. The number of amides is 1. The maximum atomic E-state index is 12.4. The zero-order valence-electron chi connectivity index (χ0n) is 11.6. The molecule has 0 radical (unpaired) electrons. The Morgan fingerprint density at radius 3 is 2.80 bits per heavy atom. The van der Waals surface area contributed by atoms with Crippen molar-refractivity contribution in [3.05, 3.63) is 34.1 Å². The third-order valence-electron chi connectivity index (χ3n) is 2.69. The van der Waals surface area contributed by atoms with E-state index >= 15 is 0 Å². The second kappa shape index (κ2) is 6.04. The summed E-state index contributed by atoms with van der Waals surface area (Å²) in [5.41, 5.74) is 1.34. The topological polar surface area (TPSA) is 71.8 Å². The van der Waals surface area contributed by atoms with Gasteiger partial charge < -0.3 is 10.6 Å². The van der Waals surface area contributed by atoms with Gasteiger partial charge in [-0.3, -0.25) is 9.48 Å². The van der Waals surface area contributed by atoms with E-state index in [1.54, 1.807) is 24.0 Å². The molecule has 7 heteroatoms. The van der Waals surface area contributed by atoms with Gasteiger partial charge in [-0.2, -0.15) is 5.10 Å². The monoisotopic (exact) mass is 337 g/mol. The Morgan fingerprint density at radius 2 is 2.20 bits per heavy atom. The molecule has 0 atom stereocenters. The number of nitrogens with zero attached hydrogens (tertiary/aromatic N) is 3. The lowest BCUT2D eigenvalue weighted by Crippen LogP contribution is -2.17. The third kappa shape index (κ3) is 3.16. The SMILES string of the molecule is CCNc1ncc(Br)cc1C(=O)Nc1cc(C)nn1C. The third-order valence-corrected chi connectivity index (χ3v) is 3.12. The second-order valence-electron chi connectivity index (χ2n) is 4.33. The van der Waals surface area contributed by atoms with Crippen LogP contribution in [-0.4, -0.2) is 27.2 Å². The predicted octanol–water partition coefficient (Wildman–Crippen LogP) is 2.57. The summed E-state index contributed by atoms with van der Waals surface area (Å²) in [5, 5.41) is 10.1. The minimum absolute atomic E-state index is 0.224. The molecule has 2 aromatic rings. The largest absolute Gasteiger partial charge is 0.370 e. The van der Waals surface area contributed by atoms with Crippen molar-refractivity contribution in [2.24, 2.45) is 7.05 Å². The molecule has 2 heterocycles. The maximum absolute atomic E-state index is 12.4. The molecule has 0 aromatic carbocycles. The number of carbonyl (C=O) groups excluding carboxylic acids is 1. The zero-order valence-corrected chi connectivity index (χ0v) is 13.2. The van der Waals surface area contributed by atoms with Gasteiger partial charge in [-0.1, -0.05) is 0 Å². The minimum Gasteiger partial charge on any atom is -0.370 e. The van der Waals surface area contributed by atoms with Gasteiger partial charge in [-0.25, -0.2) is 4.98 Å². The highest BCUT2D eigenvalue weighted by Gasteiger charge is 2.15. The van der Waals surface area contributed by atoms with Gasteiger partial charge in [0.2, 0.25) is 0 Å². The predicted molar refractivity (Wildman–Crippen MR) is 82.0 cm³/mol. The number of hydrogen-bond donors (Lipinski definition) is 2. The van der Waals surface area contributed by atoms with E-state index in [0.717, 1.165) is 10.2 Å². The van der Waals surface area contributed by atoms with E-state index in [-0.39, 0.29) is 5.91 Å². The molecule has 2 aromatic heterocycles. The van der Waals surface area contributed by atoms with Crippen LogP contribution in [0.25, 0.3) is 0 Å². The molecule has 0 spiro atoms. The molecule has 0 unspecified atom stereocenters. The van der Waals surface area contributed by atoms with Crippen molar-refractivity contribution in [3.8, 4) is 0 Å². The van der Waals surface area contributed by atoms with Gasteiger partial charge >= 0.3 is 0 Å². The van der Waals surface area contributed by atoms with Gasteiger partial charge in [0, 0.05) is 30.3 Å². The number of hydrogen-bond acceptors (Lipinski definition) is 4. The van der Waals surface area contributed by atoms with Crippen LogP contribution in [0.1, 0.15) is 23.0 Å². The van der Waals surface area contributed by atoms with E-state index in [1.807, 2.05) is 19.9 Å². The quantitative estimate of drug-likeness (QED) is 0.899. The number of nitrogens with one attached hydrogen (secondary N) is 2. The summed E-state index contributed by atoms with van der Waals surface area (Å²) in [7, 11) is 1.78. The first kappa shape index (κ1) is 14.5. The molecule has 0 fully saturated rings. The van der Waals surface area contributed by atoms with Crippen molar-refractivity contribution < 1.29 is 4.79 Å². The van der Waals surface area contributed by atoms with Crippen LogP contribution >= 0.6 is 15.9 Å². The molecule has 0 saturated heterocycles. The summed E-state index contributed by atoms with van der Waals surface area (Å²) in [6.07, 6.45) is 1.66. The van der Waals surface area contributed by atoms with Gasteiger partial charge in [0.25, 0.3) is 5.91 Å². The van der Waals surface area contributed by atoms with Crippen LogP contribution in [0.3, 0.4) is 0 Å². The number of carbonyl (C=O) groups is 1. The Hall–Kier alpha value is -1.89. The van der Waals surface area contributed by atoms with Crippen LogP contribution < -0.4 is 10.6 Å². The number of anilines is 2. The lowest BCUT2D eigenvalue weighted by molar-refractivity contribution is 0.102. The second-order valence-corrected chi connectivity index (χ2v) is 5.24. The average molecular weight is 338 g/mol. The lowest BCUT2D eigenvalue weighted by atomic mass is 10.2. The van der Waals surface area contributed by atoms with Crippen LogP contribution in [0.5, 0.6) is 0 Å². The molecule has 0 aliphatic heterocycles. The van der Waals surface area contributed by atoms with Gasteiger partial charge in [-0.15, -0.1) is 0 Å². The molecular formula is C13H16BrN5O. The number of aromatic nitrogens is 3. The Balaban J connectivity index is 2.28. The highest BCUT2D eigenvalue weighted by atomic mass is 79.9. The smallest absolute Gasteiger partial charge is 0.260 e. The summed E-state index contributed by atoms with van der Waals surface area (Å²) >= 11 is 3.33. The van der Waals surface area contributed by atoms with Crippen LogP contribution in [0.15, 0.2) is 22.8 Å². The summed E-state index contributed by atoms with van der Waals surface area (Å²) in [6, 6.07) is 3.56. The van der Waals surface area contributed by atoms with Crippen molar-refractivity contribution in [2.45, 2.75) is 13.8 Å². The van der Waals surface area contributed by atoms with Crippen molar-refractivity contribution >= 4 is 33.5 Å². The van der Waals surface area contributed by atoms with E-state index in [0.29, 0.717) is 23.7 Å². The number of pyridine rings is 1. The molecule has 0 aliphatic rings. The van der Waals surface area contributed by atoms with Gasteiger partial charge in [0.1, 0.15) is 11.6 Å². The number of rotatable bonds is 4. The molecule has 1 amide bonds. The molecule has 2 rings (SSSR count). The standard InChI is InChI=1S/C13H16BrN5O/c1-4-15-12-10(6-9(14)7-16-12)13(20)17-11-5-8(2)18-19(11)3/h5-7H,4H2,1-3H3,(H,15,16)(H,17,20). The fourth-order valence-electron chi connectivity index (χ4n) is 1.83. The first-order valence-corrected chi connectivity index (χ1v) is 7.02. The van der Waals surface area contributed by atoms with Crippen LogP contribution in [-0.2, 0) is 7.05 Å². The summed E-state index contributed by atoms with van der Waals surface area (Å²) < 4.78 is 2.39. The Bertz CT molecular complexity index is 638. The number of aryl methyl sites for hydroxylation is 2. The summed E-state index contributed by atoms with van der Waals surface area (Å²) in [6.45, 7) is 4.52. The van der Waals surface area contributed by atoms with Crippen molar-refractivity contribution in [3.63, 3.8) is 0 Å². The molecule has 0 saturated carbocycles. The normalized spacial score (nSPS) is 10.4. The molecule has 106 valence electrons. The zero-order chi connectivity index (χ0) is 14.7. The van der Waals surface area contributed by atoms with Gasteiger partial charge in [-0.05, 0) is 35.8 Å². The van der Waals surface area contributed by atoms with Crippen LogP contribution in [0, 0.1) is 6.92 Å². The van der Waals surface area contributed by atoms with Gasteiger partial charge in [0.15, 0.2) is 0 Å². The average Bonchev–Trinajstić information content (AvgIpc) is 2.70.